The highest BCUT2D eigenvalue weighted by molar-refractivity contribution is 5.98. The average molecular weight is 537 g/mol. The summed E-state index contributed by atoms with van der Waals surface area (Å²) in [5, 5.41) is 6.56. The Hall–Kier alpha value is -3.41. The van der Waals surface area contributed by atoms with Crippen LogP contribution in [0.3, 0.4) is 0 Å². The summed E-state index contributed by atoms with van der Waals surface area (Å²) in [6.45, 7) is 11.7. The Morgan fingerprint density at radius 2 is 1.68 bits per heavy atom. The van der Waals surface area contributed by atoms with Gasteiger partial charge >= 0.3 is 0 Å². The first-order chi connectivity index (χ1) is 19.0. The molecular formula is C34H40N4O2. The summed E-state index contributed by atoms with van der Waals surface area (Å²) in [4.78, 5) is 34.4. The van der Waals surface area contributed by atoms with Crippen LogP contribution in [-0.4, -0.2) is 27.8 Å². The van der Waals surface area contributed by atoms with E-state index in [1.165, 1.54) is 24.8 Å². The SMILES string of the molecule is CC1(C)C2=C(NC(=O)c3ccc(-c4nc5cc(C(=O)NC6CC7CCC6(C)C7(C)C)ccc5[nH]4)cc3)CC1CC2. The van der Waals surface area contributed by atoms with Crippen LogP contribution >= 0.6 is 0 Å². The van der Waals surface area contributed by atoms with Crippen LogP contribution in [-0.2, 0) is 0 Å². The fourth-order valence-corrected chi connectivity index (χ4v) is 8.58. The van der Waals surface area contributed by atoms with Crippen molar-refractivity contribution in [1.29, 1.82) is 0 Å². The van der Waals surface area contributed by atoms with E-state index < -0.39 is 0 Å². The van der Waals surface area contributed by atoms with Crippen molar-refractivity contribution in [3.63, 3.8) is 0 Å². The molecule has 2 aromatic carbocycles. The molecule has 4 bridgehead atoms. The van der Waals surface area contributed by atoms with E-state index in [9.17, 15) is 9.59 Å². The minimum absolute atomic E-state index is 0.0219. The monoisotopic (exact) mass is 536 g/mol. The van der Waals surface area contributed by atoms with Gasteiger partial charge < -0.3 is 15.6 Å². The topological polar surface area (TPSA) is 86.9 Å². The van der Waals surface area contributed by atoms with Crippen molar-refractivity contribution in [3.05, 3.63) is 64.9 Å². The summed E-state index contributed by atoms with van der Waals surface area (Å²) in [6, 6.07) is 13.5. The minimum atomic E-state index is -0.0506. The van der Waals surface area contributed by atoms with Crippen LogP contribution in [0, 0.1) is 28.1 Å². The zero-order valence-electron chi connectivity index (χ0n) is 24.3. The molecule has 4 atom stereocenters. The number of nitrogens with zero attached hydrogens (tertiary/aromatic N) is 1. The van der Waals surface area contributed by atoms with Gasteiger partial charge in [-0.1, -0.05) is 46.8 Å². The minimum Gasteiger partial charge on any atom is -0.349 e. The van der Waals surface area contributed by atoms with Gasteiger partial charge in [0.05, 0.1) is 11.0 Å². The van der Waals surface area contributed by atoms with Crippen LogP contribution in [0.1, 0.15) is 93.9 Å². The van der Waals surface area contributed by atoms with Gasteiger partial charge in [0.15, 0.2) is 0 Å². The number of amides is 2. The number of allylic oxidation sites excluding steroid dienone is 2. The lowest BCUT2D eigenvalue weighted by atomic mass is 9.69. The van der Waals surface area contributed by atoms with Crippen molar-refractivity contribution in [3.8, 4) is 11.4 Å². The van der Waals surface area contributed by atoms with Gasteiger partial charge in [-0.05, 0) is 103 Å². The largest absolute Gasteiger partial charge is 0.349 e. The molecule has 7 rings (SSSR count). The predicted octanol–water partition coefficient (Wildman–Crippen LogP) is 7.00. The van der Waals surface area contributed by atoms with Crippen molar-refractivity contribution in [2.45, 2.75) is 79.2 Å². The molecule has 6 heteroatoms. The number of H-pyrrole nitrogens is 1. The second-order valence-corrected chi connectivity index (χ2v) is 14.1. The number of carbonyl (C=O) groups is 2. The lowest BCUT2D eigenvalue weighted by Gasteiger charge is -2.39. The van der Waals surface area contributed by atoms with E-state index in [0.717, 1.165) is 47.4 Å². The zero-order chi connectivity index (χ0) is 28.0. The third kappa shape index (κ3) is 3.64. The number of nitrogens with one attached hydrogen (secondary N) is 3. The molecule has 4 aliphatic rings. The number of rotatable bonds is 5. The fourth-order valence-electron chi connectivity index (χ4n) is 8.58. The Morgan fingerprint density at radius 3 is 2.30 bits per heavy atom. The molecule has 1 aromatic heterocycles. The standard InChI is InChI=1S/C34H40N4O2/c1-32(2)22-11-12-24(32)26(17-22)37-30(39)20-8-6-19(7-9-20)29-35-25-13-10-21(16-27(25)36-29)31(40)38-28-18-23-14-15-34(28,5)33(23,3)4/h6-10,13,16,22-23,28H,11-12,14-15,17-18H2,1-5H3,(H,35,36)(H,37,39)(H,38,40). The Morgan fingerprint density at radius 1 is 0.925 bits per heavy atom. The molecule has 0 aliphatic heterocycles. The summed E-state index contributed by atoms with van der Waals surface area (Å²) in [6.07, 6.45) is 6.81. The lowest BCUT2D eigenvalue weighted by Crippen LogP contribution is -2.46. The number of fused-ring (bicyclic) bond motifs is 5. The maximum atomic E-state index is 13.3. The molecule has 40 heavy (non-hydrogen) atoms. The van der Waals surface area contributed by atoms with E-state index in [-0.39, 0.29) is 34.1 Å². The van der Waals surface area contributed by atoms with Gasteiger partial charge in [-0.25, -0.2) is 4.98 Å². The lowest BCUT2D eigenvalue weighted by molar-refractivity contribution is 0.0826. The highest BCUT2D eigenvalue weighted by Gasteiger charge is 2.61. The number of imidazole rings is 1. The molecule has 0 spiro atoms. The van der Waals surface area contributed by atoms with E-state index in [1.54, 1.807) is 0 Å². The van der Waals surface area contributed by atoms with Crippen LogP contribution in [0.5, 0.6) is 0 Å². The highest BCUT2D eigenvalue weighted by Crippen LogP contribution is 2.65. The molecule has 4 unspecified atom stereocenters. The molecule has 3 fully saturated rings. The fraction of sp³-hybridized carbons (Fsp3) is 0.500. The van der Waals surface area contributed by atoms with Crippen LogP contribution in [0.15, 0.2) is 53.7 Å². The van der Waals surface area contributed by atoms with Gasteiger partial charge in [-0.3, -0.25) is 9.59 Å². The molecule has 0 saturated heterocycles. The van der Waals surface area contributed by atoms with Crippen molar-refractivity contribution in [2.75, 3.05) is 0 Å². The Labute approximate surface area is 236 Å². The van der Waals surface area contributed by atoms with E-state index in [1.807, 2.05) is 42.5 Å². The van der Waals surface area contributed by atoms with Gasteiger partial charge in [-0.15, -0.1) is 0 Å². The quantitative estimate of drug-likeness (QED) is 0.328. The third-order valence-corrected chi connectivity index (χ3v) is 11.9. The average Bonchev–Trinajstić information content (AvgIpc) is 3.65. The van der Waals surface area contributed by atoms with Gasteiger partial charge in [0.1, 0.15) is 5.82 Å². The van der Waals surface area contributed by atoms with Crippen molar-refractivity contribution in [2.24, 2.45) is 28.1 Å². The number of hydrogen-bond acceptors (Lipinski definition) is 3. The van der Waals surface area contributed by atoms with E-state index >= 15 is 0 Å². The van der Waals surface area contributed by atoms with E-state index in [4.69, 9.17) is 4.98 Å². The highest BCUT2D eigenvalue weighted by atomic mass is 16.2. The van der Waals surface area contributed by atoms with Gasteiger partial charge in [0, 0.05) is 28.4 Å². The smallest absolute Gasteiger partial charge is 0.255 e. The van der Waals surface area contributed by atoms with Crippen molar-refractivity contribution >= 4 is 22.8 Å². The van der Waals surface area contributed by atoms with Crippen molar-refractivity contribution < 1.29 is 9.59 Å². The number of aromatic nitrogens is 2. The van der Waals surface area contributed by atoms with Gasteiger partial charge in [0.2, 0.25) is 0 Å². The molecule has 3 aromatic rings. The van der Waals surface area contributed by atoms with E-state index in [0.29, 0.717) is 23.0 Å². The van der Waals surface area contributed by atoms with Crippen LogP contribution < -0.4 is 10.6 Å². The van der Waals surface area contributed by atoms with Crippen molar-refractivity contribution in [1.82, 2.24) is 20.6 Å². The summed E-state index contributed by atoms with van der Waals surface area (Å²) >= 11 is 0. The van der Waals surface area contributed by atoms with Gasteiger partial charge in [-0.2, -0.15) is 0 Å². The normalized spacial score (nSPS) is 29.4. The molecule has 6 nitrogen and oxygen atoms in total. The van der Waals surface area contributed by atoms with Crippen LogP contribution in [0.2, 0.25) is 0 Å². The first-order valence-electron chi connectivity index (χ1n) is 14.9. The second kappa shape index (κ2) is 8.55. The summed E-state index contributed by atoms with van der Waals surface area (Å²) in [7, 11) is 0. The Kier molecular flexibility index (Phi) is 5.46. The molecule has 208 valence electrons. The van der Waals surface area contributed by atoms with Gasteiger partial charge in [0.25, 0.3) is 11.8 Å². The molecule has 1 heterocycles. The van der Waals surface area contributed by atoms with Crippen LogP contribution in [0.4, 0.5) is 0 Å². The van der Waals surface area contributed by atoms with Crippen LogP contribution in [0.25, 0.3) is 22.4 Å². The predicted molar refractivity (Wildman–Crippen MR) is 158 cm³/mol. The first-order valence-corrected chi connectivity index (χ1v) is 14.9. The summed E-state index contributed by atoms with van der Waals surface area (Å²) in [5.74, 6) is 1.98. The maximum Gasteiger partial charge on any atom is 0.255 e. The third-order valence-electron chi connectivity index (χ3n) is 11.9. The molecule has 4 aliphatic carbocycles. The number of benzene rings is 2. The molecule has 3 saturated carbocycles. The summed E-state index contributed by atoms with van der Waals surface area (Å²) < 4.78 is 0. The maximum absolute atomic E-state index is 13.3. The second-order valence-electron chi connectivity index (χ2n) is 14.1. The zero-order valence-corrected chi connectivity index (χ0v) is 24.3. The molecular weight excluding hydrogens is 496 g/mol. The molecule has 0 radical (unpaired) electrons. The number of aromatic amines is 1. The molecule has 3 N–H and O–H groups in total. The number of hydrogen-bond donors (Lipinski definition) is 3. The Balaban J connectivity index is 1.05. The van der Waals surface area contributed by atoms with E-state index in [2.05, 4.69) is 50.2 Å². The molecule has 2 amide bonds. The first kappa shape index (κ1) is 25.6. The Bertz CT molecular complexity index is 1580. The number of carbonyl (C=O) groups excluding carboxylic acids is 2. The summed E-state index contributed by atoms with van der Waals surface area (Å²) in [5.41, 5.74) is 6.99.